The highest BCUT2D eigenvalue weighted by Gasteiger charge is 2.52. The van der Waals surface area contributed by atoms with Gasteiger partial charge in [0.05, 0.1) is 28.4 Å². The normalized spacial score (nSPS) is 16.9. The van der Waals surface area contributed by atoms with Gasteiger partial charge in [-0.1, -0.05) is 119 Å². The molecule has 0 unspecified atom stereocenters. The Kier molecular flexibility index (Phi) is 6.15. The molecule has 6 aromatic carbocycles. The van der Waals surface area contributed by atoms with Gasteiger partial charge in [-0.05, 0) is 105 Å². The molecule has 1 aliphatic heterocycles. The summed E-state index contributed by atoms with van der Waals surface area (Å²) in [7, 11) is 0. The summed E-state index contributed by atoms with van der Waals surface area (Å²) in [6, 6.07) is 49.1. The van der Waals surface area contributed by atoms with Crippen LogP contribution in [0.15, 0.2) is 127 Å². The molecule has 0 radical (unpaired) electrons. The predicted octanol–water partition coefficient (Wildman–Crippen LogP) is 10.4. The van der Waals surface area contributed by atoms with Crippen molar-refractivity contribution in [3.63, 3.8) is 0 Å². The van der Waals surface area contributed by atoms with Crippen LogP contribution in [0.3, 0.4) is 0 Å². The van der Waals surface area contributed by atoms with E-state index in [1.807, 2.05) is 6.07 Å². The largest absolute Gasteiger partial charge is 0.398 e. The maximum absolute atomic E-state index is 10.1. The number of aryl methyl sites for hydroxylation is 2. The van der Waals surface area contributed by atoms with Crippen LogP contribution in [0, 0.1) is 11.3 Å². The SMILES string of the molecule is CC1(C)c2ccccc2N(c2ccc3c(c2)CCc2cc(C#N)cc(N)c2C32c3ccccc3C(C)(C)c3ccccc32)c2ccccc21. The number of nitriles is 1. The molecular formula is C46H39N3. The molecule has 238 valence electrons. The summed E-state index contributed by atoms with van der Waals surface area (Å²) in [6.07, 6.45) is 1.63. The standard InChI is InChI=1S/C46H39N3/c1-44(2)34-13-5-7-15-36(34)46(37-16-8-6-14-35(37)44)33-24-23-32(27-30(33)21-22-31-25-29(28-47)26-40(48)43(31)46)49-41-19-11-9-17-38(41)45(3,4)39-18-10-12-20-42(39)49/h5-20,23-27H,21-22,48H2,1-4H3. The van der Waals surface area contributed by atoms with Gasteiger partial charge in [-0.2, -0.15) is 5.26 Å². The minimum Gasteiger partial charge on any atom is -0.398 e. The van der Waals surface area contributed by atoms with Crippen molar-refractivity contribution in [1.29, 1.82) is 5.26 Å². The van der Waals surface area contributed by atoms with Crippen LogP contribution in [0.5, 0.6) is 0 Å². The van der Waals surface area contributed by atoms with E-state index in [0.717, 1.165) is 29.7 Å². The van der Waals surface area contributed by atoms with Crippen molar-refractivity contribution in [3.8, 4) is 6.07 Å². The number of benzene rings is 6. The highest BCUT2D eigenvalue weighted by atomic mass is 15.2. The first-order chi connectivity index (χ1) is 23.7. The fraction of sp³-hybridized carbons (Fsp3) is 0.196. The Hall–Kier alpha value is -5.59. The minimum atomic E-state index is -0.653. The number of nitrogens with zero attached hydrogens (tertiary/aromatic N) is 2. The molecule has 0 amide bonds. The van der Waals surface area contributed by atoms with E-state index in [4.69, 9.17) is 5.73 Å². The molecule has 6 aromatic rings. The van der Waals surface area contributed by atoms with Crippen molar-refractivity contribution in [2.45, 2.75) is 56.8 Å². The Morgan fingerprint density at radius 3 is 1.61 bits per heavy atom. The van der Waals surface area contributed by atoms with Gasteiger partial charge < -0.3 is 10.6 Å². The van der Waals surface area contributed by atoms with Gasteiger partial charge in [0.1, 0.15) is 0 Å². The maximum atomic E-state index is 10.1. The number of hydrogen-bond acceptors (Lipinski definition) is 3. The lowest BCUT2D eigenvalue weighted by Crippen LogP contribution is -2.43. The van der Waals surface area contributed by atoms with Crippen LogP contribution in [0.2, 0.25) is 0 Å². The summed E-state index contributed by atoms with van der Waals surface area (Å²) < 4.78 is 0. The van der Waals surface area contributed by atoms with Gasteiger partial charge in [0, 0.05) is 22.2 Å². The van der Waals surface area contributed by atoms with Crippen molar-refractivity contribution in [1.82, 2.24) is 0 Å². The van der Waals surface area contributed by atoms with Crippen LogP contribution in [0.4, 0.5) is 22.7 Å². The molecule has 0 atom stereocenters. The molecule has 3 heteroatoms. The lowest BCUT2D eigenvalue weighted by Gasteiger charge is -2.49. The molecule has 0 aromatic heterocycles. The predicted molar refractivity (Wildman–Crippen MR) is 200 cm³/mol. The molecule has 0 saturated carbocycles. The highest BCUT2D eigenvalue weighted by Crippen LogP contribution is 2.60. The molecule has 2 N–H and O–H groups in total. The van der Waals surface area contributed by atoms with E-state index >= 15 is 0 Å². The average Bonchev–Trinajstić information content (AvgIpc) is 3.26. The van der Waals surface area contributed by atoms with Crippen molar-refractivity contribution >= 4 is 22.7 Å². The first-order valence-corrected chi connectivity index (χ1v) is 17.3. The quantitative estimate of drug-likeness (QED) is 0.183. The lowest BCUT2D eigenvalue weighted by atomic mass is 9.53. The number of fused-ring (bicyclic) bond motifs is 10. The summed E-state index contributed by atoms with van der Waals surface area (Å²) in [4.78, 5) is 2.45. The van der Waals surface area contributed by atoms with E-state index in [9.17, 15) is 5.26 Å². The Bertz CT molecular complexity index is 2290. The van der Waals surface area contributed by atoms with Gasteiger partial charge in [0.2, 0.25) is 0 Å². The maximum Gasteiger partial charge on any atom is 0.0992 e. The molecule has 0 saturated heterocycles. The van der Waals surface area contributed by atoms with Crippen LogP contribution in [-0.2, 0) is 29.1 Å². The van der Waals surface area contributed by atoms with Crippen LogP contribution in [0.25, 0.3) is 0 Å². The summed E-state index contributed by atoms with van der Waals surface area (Å²) in [5.74, 6) is 0. The highest BCUT2D eigenvalue weighted by molar-refractivity contribution is 5.87. The molecule has 9 rings (SSSR count). The molecule has 0 fully saturated rings. The van der Waals surface area contributed by atoms with Crippen molar-refractivity contribution in [2.75, 3.05) is 10.6 Å². The zero-order chi connectivity index (χ0) is 33.7. The number of hydrogen-bond donors (Lipinski definition) is 1. The summed E-state index contributed by atoms with van der Waals surface area (Å²) in [6.45, 7) is 9.35. The van der Waals surface area contributed by atoms with Crippen molar-refractivity contribution in [2.24, 2.45) is 0 Å². The second-order valence-corrected chi connectivity index (χ2v) is 15.0. The van der Waals surface area contributed by atoms with E-state index in [2.05, 4.69) is 160 Å². The van der Waals surface area contributed by atoms with Gasteiger partial charge in [-0.15, -0.1) is 0 Å². The third-order valence-electron chi connectivity index (χ3n) is 11.8. The Morgan fingerprint density at radius 1 is 0.551 bits per heavy atom. The molecule has 3 nitrogen and oxygen atoms in total. The van der Waals surface area contributed by atoms with Crippen molar-refractivity contribution < 1.29 is 0 Å². The molecular weight excluding hydrogens is 595 g/mol. The Balaban J connectivity index is 1.38. The van der Waals surface area contributed by atoms with Crippen LogP contribution in [0.1, 0.15) is 88.9 Å². The monoisotopic (exact) mass is 633 g/mol. The number of nitrogen functional groups attached to an aromatic ring is 1. The van der Waals surface area contributed by atoms with E-state index in [1.165, 1.54) is 55.9 Å². The van der Waals surface area contributed by atoms with E-state index < -0.39 is 5.41 Å². The fourth-order valence-corrected chi connectivity index (χ4v) is 9.65. The second kappa shape index (κ2) is 10.2. The topological polar surface area (TPSA) is 53.0 Å². The third-order valence-corrected chi connectivity index (χ3v) is 11.8. The molecule has 0 bridgehead atoms. The smallest absolute Gasteiger partial charge is 0.0992 e. The third kappa shape index (κ3) is 3.83. The fourth-order valence-electron chi connectivity index (χ4n) is 9.65. The van der Waals surface area contributed by atoms with Crippen molar-refractivity contribution in [3.05, 3.63) is 189 Å². The van der Waals surface area contributed by atoms with Gasteiger partial charge in [0.15, 0.2) is 0 Å². The minimum absolute atomic E-state index is 0.126. The Labute approximate surface area is 289 Å². The molecule has 3 aliphatic rings. The van der Waals surface area contributed by atoms with Gasteiger partial charge >= 0.3 is 0 Å². The van der Waals surface area contributed by atoms with Gasteiger partial charge in [-0.3, -0.25) is 0 Å². The number of anilines is 4. The summed E-state index contributed by atoms with van der Waals surface area (Å²) in [5, 5.41) is 10.1. The van der Waals surface area contributed by atoms with E-state index in [0.29, 0.717) is 11.3 Å². The van der Waals surface area contributed by atoms with Gasteiger partial charge in [0.25, 0.3) is 0 Å². The second-order valence-electron chi connectivity index (χ2n) is 15.0. The molecule has 1 spiro atoms. The molecule has 49 heavy (non-hydrogen) atoms. The van der Waals surface area contributed by atoms with Crippen LogP contribution >= 0.6 is 0 Å². The van der Waals surface area contributed by atoms with Gasteiger partial charge in [-0.25, -0.2) is 0 Å². The molecule has 2 aliphatic carbocycles. The lowest BCUT2D eigenvalue weighted by molar-refractivity contribution is 0.558. The van der Waals surface area contributed by atoms with Crippen LogP contribution in [-0.4, -0.2) is 0 Å². The first-order valence-electron chi connectivity index (χ1n) is 17.3. The zero-order valence-electron chi connectivity index (χ0n) is 28.5. The van der Waals surface area contributed by atoms with E-state index in [-0.39, 0.29) is 10.8 Å². The zero-order valence-corrected chi connectivity index (χ0v) is 28.5. The summed E-state index contributed by atoms with van der Waals surface area (Å²) >= 11 is 0. The summed E-state index contributed by atoms with van der Waals surface area (Å²) in [5.41, 5.74) is 23.7. The number of rotatable bonds is 1. The number of para-hydroxylation sites is 2. The first kappa shape index (κ1) is 29.5. The van der Waals surface area contributed by atoms with Crippen LogP contribution < -0.4 is 10.6 Å². The van der Waals surface area contributed by atoms with E-state index in [1.54, 1.807) is 0 Å². The average molecular weight is 634 g/mol. The Morgan fingerprint density at radius 2 is 1.04 bits per heavy atom. The number of nitrogens with two attached hydrogens (primary N) is 1. The molecule has 1 heterocycles.